The van der Waals surface area contributed by atoms with Gasteiger partial charge in [0.05, 0.1) is 4.92 Å². The van der Waals surface area contributed by atoms with E-state index in [9.17, 15) is 23.3 Å². The summed E-state index contributed by atoms with van der Waals surface area (Å²) in [6, 6.07) is 3.84. The van der Waals surface area contributed by atoms with Crippen molar-refractivity contribution in [2.24, 2.45) is 0 Å². The lowest BCUT2D eigenvalue weighted by atomic mass is 10.3. The van der Waals surface area contributed by atoms with Gasteiger partial charge in [-0.05, 0) is 12.1 Å². The van der Waals surface area contributed by atoms with Crippen LogP contribution in [0.3, 0.4) is 0 Å². The molecule has 1 rings (SSSR count). The smallest absolute Gasteiger partial charge is 0.404 e. The third kappa shape index (κ3) is 4.13. The molecule has 0 heterocycles. The molecule has 0 aliphatic carbocycles. The van der Waals surface area contributed by atoms with Crippen LogP contribution < -0.4 is 4.74 Å². The summed E-state index contributed by atoms with van der Waals surface area (Å²) in [5, 5.41) is 10.7. The normalized spacial score (nSPS) is 13.2. The van der Waals surface area contributed by atoms with Crippen molar-refractivity contribution in [3.63, 3.8) is 0 Å². The number of rotatable bonds is 4. The Morgan fingerprint density at radius 1 is 1.44 bits per heavy atom. The van der Waals surface area contributed by atoms with Crippen LogP contribution in [0.4, 0.5) is 18.9 Å². The number of hydrogen-bond donors (Lipinski definition) is 0. The van der Waals surface area contributed by atoms with Gasteiger partial charge in [-0.1, -0.05) is 31.9 Å². The first kappa shape index (κ1) is 15.2. The maximum absolute atomic E-state index is 12.2. The van der Waals surface area contributed by atoms with Crippen molar-refractivity contribution in [1.29, 1.82) is 0 Å². The molecule has 1 aromatic rings. The highest BCUT2D eigenvalue weighted by Gasteiger charge is 2.38. The molecule has 0 saturated heterocycles. The molecule has 0 spiro atoms. The van der Waals surface area contributed by atoms with E-state index in [1.54, 1.807) is 0 Å². The van der Waals surface area contributed by atoms with Gasteiger partial charge in [-0.2, -0.15) is 13.2 Å². The number of alkyl halides is 4. The van der Waals surface area contributed by atoms with Crippen molar-refractivity contribution < 1.29 is 22.8 Å². The molecule has 1 unspecified atom stereocenters. The lowest BCUT2D eigenvalue weighted by molar-refractivity contribution is -0.386. The first-order valence-corrected chi connectivity index (χ1v) is 6.20. The van der Waals surface area contributed by atoms with E-state index in [0.717, 1.165) is 6.07 Å². The van der Waals surface area contributed by atoms with Crippen LogP contribution in [0.1, 0.15) is 0 Å². The molecule has 0 aliphatic heterocycles. The number of benzene rings is 1. The van der Waals surface area contributed by atoms with Gasteiger partial charge < -0.3 is 4.74 Å². The molecule has 0 aromatic heterocycles. The third-order valence-electron chi connectivity index (χ3n) is 1.86. The average molecular weight is 393 g/mol. The van der Waals surface area contributed by atoms with Crippen molar-refractivity contribution in [2.75, 3.05) is 6.61 Å². The summed E-state index contributed by atoms with van der Waals surface area (Å²) in [7, 11) is 0. The van der Waals surface area contributed by atoms with E-state index in [1.165, 1.54) is 12.1 Å². The summed E-state index contributed by atoms with van der Waals surface area (Å²) < 4.78 is 41.9. The molecule has 0 radical (unpaired) electrons. The molecule has 0 saturated carbocycles. The Balaban J connectivity index is 2.82. The molecule has 4 nitrogen and oxygen atoms in total. The van der Waals surface area contributed by atoms with Crippen molar-refractivity contribution in [3.8, 4) is 5.75 Å². The Labute approximate surface area is 117 Å². The Kier molecular flexibility index (Phi) is 4.97. The number of halogens is 5. The summed E-state index contributed by atoms with van der Waals surface area (Å²) in [5.41, 5.74) is -0.397. The first-order chi connectivity index (χ1) is 8.21. The predicted molar refractivity (Wildman–Crippen MR) is 65.1 cm³/mol. The number of nitrogens with zero attached hydrogens (tertiary/aromatic N) is 1. The van der Waals surface area contributed by atoms with E-state index >= 15 is 0 Å². The van der Waals surface area contributed by atoms with Crippen LogP contribution in [-0.2, 0) is 0 Å². The van der Waals surface area contributed by atoms with Gasteiger partial charge in [-0.3, -0.25) is 10.1 Å². The highest BCUT2D eigenvalue weighted by Crippen LogP contribution is 2.32. The zero-order valence-corrected chi connectivity index (χ0v) is 11.8. The number of nitro groups is 1. The fourth-order valence-electron chi connectivity index (χ4n) is 1.01. The molecule has 18 heavy (non-hydrogen) atoms. The van der Waals surface area contributed by atoms with Crippen molar-refractivity contribution in [1.82, 2.24) is 0 Å². The second-order valence-corrected chi connectivity index (χ2v) is 5.21. The van der Waals surface area contributed by atoms with E-state index in [1.807, 2.05) is 0 Å². The van der Waals surface area contributed by atoms with E-state index in [2.05, 4.69) is 31.9 Å². The van der Waals surface area contributed by atoms with E-state index < -0.39 is 28.2 Å². The maximum Gasteiger partial charge on any atom is 0.404 e. The molecule has 1 aromatic carbocycles. The maximum atomic E-state index is 12.2. The SMILES string of the molecule is O=[N+]([O-])c1cc(Br)ccc1OCC(Br)C(F)(F)F. The quantitative estimate of drug-likeness (QED) is 0.441. The van der Waals surface area contributed by atoms with Crippen LogP contribution in [0.15, 0.2) is 22.7 Å². The van der Waals surface area contributed by atoms with Crippen LogP contribution >= 0.6 is 31.9 Å². The topological polar surface area (TPSA) is 52.4 Å². The van der Waals surface area contributed by atoms with E-state index in [-0.39, 0.29) is 5.75 Å². The number of hydrogen-bond acceptors (Lipinski definition) is 3. The number of ether oxygens (including phenoxy) is 1. The molecule has 0 aliphatic rings. The fraction of sp³-hybridized carbons (Fsp3) is 0.333. The molecule has 0 amide bonds. The van der Waals surface area contributed by atoms with Gasteiger partial charge in [-0.15, -0.1) is 0 Å². The van der Waals surface area contributed by atoms with Crippen LogP contribution in [0.2, 0.25) is 0 Å². The van der Waals surface area contributed by atoms with Crippen molar-refractivity contribution >= 4 is 37.5 Å². The highest BCUT2D eigenvalue weighted by atomic mass is 79.9. The largest absolute Gasteiger partial charge is 0.485 e. The zero-order chi connectivity index (χ0) is 13.9. The van der Waals surface area contributed by atoms with Gasteiger partial charge in [0.1, 0.15) is 11.4 Å². The standard InChI is InChI=1S/C9H6Br2F3NO3/c10-5-1-2-7(6(3-5)15(16)17)18-4-8(11)9(12,13)14/h1-3,8H,4H2. The molecule has 100 valence electrons. The first-order valence-electron chi connectivity index (χ1n) is 4.49. The third-order valence-corrected chi connectivity index (χ3v) is 3.13. The van der Waals surface area contributed by atoms with Gasteiger partial charge in [0.15, 0.2) is 5.75 Å². The molecule has 0 fully saturated rings. The minimum Gasteiger partial charge on any atom is -0.485 e. The number of nitro benzene ring substituents is 1. The van der Waals surface area contributed by atoms with Gasteiger partial charge in [0.2, 0.25) is 0 Å². The molecule has 1 atom stereocenters. The molecule has 9 heteroatoms. The fourth-order valence-corrected chi connectivity index (χ4v) is 1.49. The minimum atomic E-state index is -4.47. The zero-order valence-electron chi connectivity index (χ0n) is 8.58. The molecular weight excluding hydrogens is 387 g/mol. The van der Waals surface area contributed by atoms with E-state index in [4.69, 9.17) is 4.74 Å². The Morgan fingerprint density at radius 2 is 2.06 bits per heavy atom. The molecule has 0 N–H and O–H groups in total. The van der Waals surface area contributed by atoms with Crippen LogP contribution in [0.5, 0.6) is 5.75 Å². The molecule has 0 bridgehead atoms. The minimum absolute atomic E-state index is 0.211. The van der Waals surface area contributed by atoms with Crippen LogP contribution in [0, 0.1) is 10.1 Å². The Morgan fingerprint density at radius 3 is 2.56 bits per heavy atom. The van der Waals surface area contributed by atoms with Crippen LogP contribution in [0.25, 0.3) is 0 Å². The van der Waals surface area contributed by atoms with E-state index in [0.29, 0.717) is 4.47 Å². The summed E-state index contributed by atoms with van der Waals surface area (Å²) >= 11 is 5.43. The lowest BCUT2D eigenvalue weighted by Gasteiger charge is -2.14. The summed E-state index contributed by atoms with van der Waals surface area (Å²) in [6.07, 6.45) is -4.47. The van der Waals surface area contributed by atoms with Gasteiger partial charge in [-0.25, -0.2) is 0 Å². The van der Waals surface area contributed by atoms with Gasteiger partial charge in [0.25, 0.3) is 0 Å². The molecular formula is C9H6Br2F3NO3. The average Bonchev–Trinajstić information content (AvgIpc) is 2.25. The van der Waals surface area contributed by atoms with Crippen molar-refractivity contribution in [2.45, 2.75) is 11.0 Å². The van der Waals surface area contributed by atoms with Gasteiger partial charge in [0, 0.05) is 10.5 Å². The monoisotopic (exact) mass is 391 g/mol. The summed E-state index contributed by atoms with van der Waals surface area (Å²) in [6.45, 7) is -0.744. The second kappa shape index (κ2) is 5.87. The van der Waals surface area contributed by atoms with Gasteiger partial charge >= 0.3 is 11.9 Å². The lowest BCUT2D eigenvalue weighted by Crippen LogP contribution is -2.28. The Bertz CT molecular complexity index is 453. The summed E-state index contributed by atoms with van der Waals surface area (Å²) in [5.74, 6) is -0.211. The predicted octanol–water partition coefficient (Wildman–Crippen LogP) is 4.06. The van der Waals surface area contributed by atoms with Crippen molar-refractivity contribution in [3.05, 3.63) is 32.8 Å². The van der Waals surface area contributed by atoms with Crippen LogP contribution in [-0.4, -0.2) is 22.5 Å². The summed E-state index contributed by atoms with van der Waals surface area (Å²) in [4.78, 5) is 8.08. The Hall–Kier alpha value is -0.830. The highest BCUT2D eigenvalue weighted by molar-refractivity contribution is 9.10. The second-order valence-electron chi connectivity index (χ2n) is 3.19.